The highest BCUT2D eigenvalue weighted by molar-refractivity contribution is 6.21. The van der Waals surface area contributed by atoms with Crippen LogP contribution in [0, 0.1) is 0 Å². The highest BCUT2D eigenvalue weighted by Crippen LogP contribution is 2.31. The summed E-state index contributed by atoms with van der Waals surface area (Å²) in [5, 5.41) is 11.6. The average Bonchev–Trinajstić information content (AvgIpc) is 3.35. The number of aryl methyl sites for hydroxylation is 1. The number of H-pyrrole nitrogens is 1. The molecule has 0 amide bonds. The zero-order valence-electron chi connectivity index (χ0n) is 16.4. The lowest BCUT2D eigenvalue weighted by Gasteiger charge is -2.08. The van der Waals surface area contributed by atoms with Crippen molar-refractivity contribution >= 4 is 22.3 Å². The Morgan fingerprint density at radius 3 is 2.40 bits per heavy atom. The number of aromatic hydroxyl groups is 1. The molecular weight excluding hydrogens is 372 g/mol. The summed E-state index contributed by atoms with van der Waals surface area (Å²) in [6.07, 6.45) is 3.71. The molecule has 0 fully saturated rings. The van der Waals surface area contributed by atoms with E-state index in [0.717, 1.165) is 39.3 Å². The summed E-state index contributed by atoms with van der Waals surface area (Å²) in [6.45, 7) is 0. The Morgan fingerprint density at radius 2 is 1.67 bits per heavy atom. The molecule has 2 N–H and O–H groups in total. The van der Waals surface area contributed by atoms with E-state index in [0.29, 0.717) is 5.56 Å². The van der Waals surface area contributed by atoms with Gasteiger partial charge in [0.1, 0.15) is 5.82 Å². The minimum absolute atomic E-state index is 0.114. The van der Waals surface area contributed by atoms with E-state index in [1.54, 1.807) is 6.20 Å². The fourth-order valence-corrected chi connectivity index (χ4v) is 3.69. The fourth-order valence-electron chi connectivity index (χ4n) is 3.69. The van der Waals surface area contributed by atoms with Gasteiger partial charge in [-0.2, -0.15) is 0 Å². The van der Waals surface area contributed by atoms with Crippen LogP contribution in [-0.4, -0.2) is 25.4 Å². The van der Waals surface area contributed by atoms with Crippen molar-refractivity contribution in [1.29, 1.82) is 0 Å². The van der Waals surface area contributed by atoms with Crippen LogP contribution in [0.15, 0.2) is 96.2 Å². The SMILES string of the molecule is Cn1ccnc1-c1ccc(N=C(c2ccccc2)c2c(O)[nH]c3ccccc23)cc1. The van der Waals surface area contributed by atoms with Crippen molar-refractivity contribution in [2.45, 2.75) is 0 Å². The molecule has 5 aromatic rings. The Morgan fingerprint density at radius 1 is 0.933 bits per heavy atom. The molecule has 0 radical (unpaired) electrons. The molecule has 2 aromatic heterocycles. The Kier molecular flexibility index (Phi) is 4.41. The number of para-hydroxylation sites is 1. The zero-order valence-corrected chi connectivity index (χ0v) is 16.4. The molecule has 5 heteroatoms. The summed E-state index contributed by atoms with van der Waals surface area (Å²) in [5.74, 6) is 1.02. The van der Waals surface area contributed by atoms with E-state index in [4.69, 9.17) is 4.99 Å². The minimum atomic E-state index is 0.114. The lowest BCUT2D eigenvalue weighted by molar-refractivity contribution is 0.457. The number of hydrogen-bond donors (Lipinski definition) is 2. The average molecular weight is 392 g/mol. The molecule has 2 heterocycles. The Hall–Kier alpha value is -4.12. The largest absolute Gasteiger partial charge is 0.494 e. The van der Waals surface area contributed by atoms with Gasteiger partial charge in [-0.15, -0.1) is 0 Å². The third-order valence-electron chi connectivity index (χ3n) is 5.16. The summed E-state index contributed by atoms with van der Waals surface area (Å²) in [5.41, 5.74) is 5.05. The van der Waals surface area contributed by atoms with Crippen LogP contribution in [0.25, 0.3) is 22.3 Å². The van der Waals surface area contributed by atoms with E-state index in [9.17, 15) is 5.11 Å². The van der Waals surface area contributed by atoms with Crippen molar-refractivity contribution in [2.24, 2.45) is 12.0 Å². The summed E-state index contributed by atoms with van der Waals surface area (Å²) in [6, 6.07) is 25.7. The summed E-state index contributed by atoms with van der Waals surface area (Å²) in [4.78, 5) is 12.4. The van der Waals surface area contributed by atoms with E-state index in [-0.39, 0.29) is 5.88 Å². The molecule has 146 valence electrons. The standard InChI is InChI=1S/C25H20N4O/c1-29-16-15-26-24(29)18-11-13-19(14-12-18)27-23(17-7-3-2-4-8-17)22-20-9-5-6-10-21(20)28-25(22)30/h2-16,28,30H,1H3. The number of imidazole rings is 1. The van der Waals surface area contributed by atoms with Gasteiger partial charge in [-0.05, 0) is 30.3 Å². The minimum Gasteiger partial charge on any atom is -0.494 e. The predicted molar refractivity (Wildman–Crippen MR) is 120 cm³/mol. The molecule has 0 aliphatic heterocycles. The first-order valence-corrected chi connectivity index (χ1v) is 9.72. The molecule has 0 saturated heterocycles. The molecule has 0 atom stereocenters. The van der Waals surface area contributed by atoms with Crippen molar-refractivity contribution in [3.63, 3.8) is 0 Å². The third kappa shape index (κ3) is 3.16. The Labute approximate surface area is 174 Å². The van der Waals surface area contributed by atoms with Gasteiger partial charge in [0.25, 0.3) is 0 Å². The molecule has 3 aromatic carbocycles. The first-order valence-electron chi connectivity index (χ1n) is 9.72. The molecular formula is C25H20N4O. The number of fused-ring (bicyclic) bond motifs is 1. The lowest BCUT2D eigenvalue weighted by atomic mass is 10.0. The number of nitrogens with one attached hydrogen (secondary N) is 1. The van der Waals surface area contributed by atoms with Crippen molar-refractivity contribution in [3.8, 4) is 17.3 Å². The topological polar surface area (TPSA) is 66.2 Å². The van der Waals surface area contributed by atoms with Gasteiger partial charge >= 0.3 is 0 Å². The van der Waals surface area contributed by atoms with Gasteiger partial charge in [0.15, 0.2) is 5.88 Å². The van der Waals surface area contributed by atoms with E-state index >= 15 is 0 Å². The van der Waals surface area contributed by atoms with Crippen molar-refractivity contribution in [1.82, 2.24) is 14.5 Å². The van der Waals surface area contributed by atoms with Crippen LogP contribution in [0.3, 0.4) is 0 Å². The van der Waals surface area contributed by atoms with Gasteiger partial charge in [0, 0.05) is 41.5 Å². The Balaban J connectivity index is 1.65. The second-order valence-corrected chi connectivity index (χ2v) is 7.13. The number of nitrogens with zero attached hydrogens (tertiary/aromatic N) is 3. The maximum absolute atomic E-state index is 10.7. The Bertz CT molecular complexity index is 1350. The van der Waals surface area contributed by atoms with Gasteiger partial charge in [-0.1, -0.05) is 48.5 Å². The molecule has 0 spiro atoms. The monoisotopic (exact) mass is 392 g/mol. The van der Waals surface area contributed by atoms with Crippen LogP contribution >= 0.6 is 0 Å². The van der Waals surface area contributed by atoms with Crippen LogP contribution in [0.5, 0.6) is 5.88 Å². The first kappa shape index (κ1) is 17.9. The zero-order chi connectivity index (χ0) is 20.5. The molecule has 5 nitrogen and oxygen atoms in total. The number of aromatic nitrogens is 3. The molecule has 0 aliphatic carbocycles. The molecule has 0 unspecified atom stereocenters. The summed E-state index contributed by atoms with van der Waals surface area (Å²) in [7, 11) is 1.97. The molecule has 0 aliphatic rings. The molecule has 0 bridgehead atoms. The van der Waals surface area contributed by atoms with Crippen molar-refractivity contribution in [3.05, 3.63) is 102 Å². The van der Waals surface area contributed by atoms with Gasteiger partial charge in [0.05, 0.1) is 17.0 Å². The maximum Gasteiger partial charge on any atom is 0.199 e. The molecule has 0 saturated carbocycles. The van der Waals surface area contributed by atoms with Gasteiger partial charge < -0.3 is 14.7 Å². The van der Waals surface area contributed by atoms with E-state index < -0.39 is 0 Å². The van der Waals surface area contributed by atoms with E-state index in [1.807, 2.05) is 96.7 Å². The predicted octanol–water partition coefficient (Wildman–Crippen LogP) is 5.44. The third-order valence-corrected chi connectivity index (χ3v) is 5.16. The van der Waals surface area contributed by atoms with Crippen LogP contribution in [0.4, 0.5) is 5.69 Å². The number of benzene rings is 3. The van der Waals surface area contributed by atoms with Crippen LogP contribution in [0.1, 0.15) is 11.1 Å². The maximum atomic E-state index is 10.7. The summed E-state index contributed by atoms with van der Waals surface area (Å²) >= 11 is 0. The number of aromatic amines is 1. The second-order valence-electron chi connectivity index (χ2n) is 7.13. The van der Waals surface area contributed by atoms with Crippen molar-refractivity contribution < 1.29 is 5.11 Å². The van der Waals surface area contributed by atoms with Crippen LogP contribution in [-0.2, 0) is 7.05 Å². The summed E-state index contributed by atoms with van der Waals surface area (Å²) < 4.78 is 1.98. The lowest BCUT2D eigenvalue weighted by Crippen LogP contribution is -2.02. The number of hydrogen-bond acceptors (Lipinski definition) is 3. The normalized spacial score (nSPS) is 11.8. The quantitative estimate of drug-likeness (QED) is 0.400. The van der Waals surface area contributed by atoms with E-state index in [2.05, 4.69) is 9.97 Å². The van der Waals surface area contributed by atoms with Crippen LogP contribution < -0.4 is 0 Å². The number of rotatable bonds is 4. The van der Waals surface area contributed by atoms with Gasteiger partial charge in [-0.25, -0.2) is 9.98 Å². The number of aliphatic imine (C=N–C) groups is 1. The molecule has 30 heavy (non-hydrogen) atoms. The van der Waals surface area contributed by atoms with E-state index in [1.165, 1.54) is 0 Å². The van der Waals surface area contributed by atoms with Gasteiger partial charge in [-0.3, -0.25) is 0 Å². The van der Waals surface area contributed by atoms with Crippen LogP contribution in [0.2, 0.25) is 0 Å². The second kappa shape index (κ2) is 7.37. The van der Waals surface area contributed by atoms with Gasteiger partial charge in [0.2, 0.25) is 0 Å². The first-order chi connectivity index (χ1) is 14.7. The smallest absolute Gasteiger partial charge is 0.199 e. The highest BCUT2D eigenvalue weighted by Gasteiger charge is 2.18. The fraction of sp³-hybridized carbons (Fsp3) is 0.0400. The van der Waals surface area contributed by atoms with Crippen molar-refractivity contribution in [2.75, 3.05) is 0 Å². The highest BCUT2D eigenvalue weighted by atomic mass is 16.3. The molecule has 5 rings (SSSR count).